The van der Waals surface area contributed by atoms with Crippen LogP contribution in [-0.4, -0.2) is 54.8 Å². The Morgan fingerprint density at radius 3 is 2.53 bits per heavy atom. The first-order valence-electron chi connectivity index (χ1n) is 11.5. The van der Waals surface area contributed by atoms with Crippen LogP contribution in [0.5, 0.6) is 11.5 Å². The number of aryl methyl sites for hydroxylation is 1. The fraction of sp³-hybridized carbons (Fsp3) is 0.423. The van der Waals surface area contributed by atoms with E-state index in [4.69, 9.17) is 21.1 Å². The van der Waals surface area contributed by atoms with E-state index in [-0.39, 0.29) is 36.4 Å². The molecule has 0 saturated carbocycles. The number of carbonyl (C=O) groups excluding carboxylic acids is 3. The van der Waals surface area contributed by atoms with Crippen LogP contribution in [0.4, 0.5) is 5.69 Å². The molecule has 3 heterocycles. The third-order valence-electron chi connectivity index (χ3n) is 7.22. The van der Waals surface area contributed by atoms with Gasteiger partial charge >= 0.3 is 0 Å². The molecule has 8 heteroatoms. The second-order valence-electron chi connectivity index (χ2n) is 9.41. The van der Waals surface area contributed by atoms with Gasteiger partial charge in [-0.2, -0.15) is 0 Å². The van der Waals surface area contributed by atoms with Crippen LogP contribution in [0.1, 0.15) is 41.6 Å². The fourth-order valence-electron chi connectivity index (χ4n) is 5.17. The second-order valence-corrected chi connectivity index (χ2v) is 9.82. The lowest BCUT2D eigenvalue weighted by Gasteiger charge is -2.44. The number of methoxy groups -OCH3 is 1. The molecule has 1 unspecified atom stereocenters. The largest absolute Gasteiger partial charge is 0.497 e. The van der Waals surface area contributed by atoms with Crippen molar-refractivity contribution >= 4 is 34.9 Å². The Labute approximate surface area is 203 Å². The Kier molecular flexibility index (Phi) is 5.76. The van der Waals surface area contributed by atoms with Gasteiger partial charge in [-0.3, -0.25) is 14.4 Å². The molecular formula is C26H27ClN2O5. The number of ether oxygens (including phenoxy) is 2. The molecule has 2 amide bonds. The molecule has 7 nitrogen and oxygen atoms in total. The second kappa shape index (κ2) is 8.62. The van der Waals surface area contributed by atoms with Crippen LogP contribution < -0.4 is 14.4 Å². The predicted octanol–water partition coefficient (Wildman–Crippen LogP) is 4.04. The molecule has 3 aliphatic heterocycles. The molecule has 2 aromatic rings. The highest BCUT2D eigenvalue weighted by Gasteiger charge is 2.45. The number of ketones is 1. The number of Topliss-reactive ketones (excluding diaryl/α,β-unsaturated/α-hetero) is 1. The van der Waals surface area contributed by atoms with Crippen molar-refractivity contribution < 1.29 is 23.9 Å². The first kappa shape index (κ1) is 22.7. The third kappa shape index (κ3) is 4.02. The average molecular weight is 483 g/mol. The maximum atomic E-state index is 13.2. The first-order chi connectivity index (χ1) is 16.3. The number of hydrogen-bond acceptors (Lipinski definition) is 5. The van der Waals surface area contributed by atoms with E-state index in [2.05, 4.69) is 0 Å². The molecule has 0 N–H and O–H groups in total. The SMILES string of the molecule is COc1ccc(N2CC(C(=O)N3CCC4(CC3)CC(=O)c3cc(Cl)c(C)cc3O4)CC2=O)cc1. The molecule has 0 radical (unpaired) electrons. The minimum atomic E-state index is -0.595. The van der Waals surface area contributed by atoms with Gasteiger partial charge in [0.2, 0.25) is 11.8 Å². The lowest BCUT2D eigenvalue weighted by Crippen LogP contribution is -2.53. The summed E-state index contributed by atoms with van der Waals surface area (Å²) in [7, 11) is 1.59. The van der Waals surface area contributed by atoms with Crippen molar-refractivity contribution in [2.24, 2.45) is 5.92 Å². The van der Waals surface area contributed by atoms with Crippen molar-refractivity contribution in [1.82, 2.24) is 4.90 Å². The highest BCUT2D eigenvalue weighted by Crippen LogP contribution is 2.41. The van der Waals surface area contributed by atoms with Crippen LogP contribution in [-0.2, 0) is 9.59 Å². The van der Waals surface area contributed by atoms with Crippen molar-refractivity contribution in [2.45, 2.75) is 38.2 Å². The van der Waals surface area contributed by atoms with Gasteiger partial charge in [-0.15, -0.1) is 0 Å². The lowest BCUT2D eigenvalue weighted by atomic mass is 9.82. The molecule has 34 heavy (non-hydrogen) atoms. The maximum Gasteiger partial charge on any atom is 0.228 e. The van der Waals surface area contributed by atoms with E-state index in [1.54, 1.807) is 30.2 Å². The van der Waals surface area contributed by atoms with E-state index in [0.717, 1.165) is 17.0 Å². The molecule has 0 aromatic heterocycles. The van der Waals surface area contributed by atoms with Gasteiger partial charge in [0.25, 0.3) is 0 Å². The molecule has 1 atom stereocenters. The summed E-state index contributed by atoms with van der Waals surface area (Å²) in [6.45, 7) is 3.26. The monoisotopic (exact) mass is 482 g/mol. The van der Waals surface area contributed by atoms with E-state index in [0.29, 0.717) is 48.8 Å². The third-order valence-corrected chi connectivity index (χ3v) is 7.62. The minimum Gasteiger partial charge on any atom is -0.497 e. The van der Waals surface area contributed by atoms with Crippen molar-refractivity contribution in [2.75, 3.05) is 31.6 Å². The van der Waals surface area contributed by atoms with Crippen LogP contribution in [0.15, 0.2) is 36.4 Å². The number of piperidine rings is 1. The summed E-state index contributed by atoms with van der Waals surface area (Å²) in [6.07, 6.45) is 1.65. The summed E-state index contributed by atoms with van der Waals surface area (Å²) in [5.41, 5.74) is 1.57. The van der Waals surface area contributed by atoms with Crippen molar-refractivity contribution in [1.29, 1.82) is 0 Å². The Bertz CT molecular complexity index is 1150. The van der Waals surface area contributed by atoms with E-state index in [9.17, 15) is 14.4 Å². The van der Waals surface area contributed by atoms with Gasteiger partial charge in [0, 0.05) is 49.6 Å². The van der Waals surface area contributed by atoms with Crippen LogP contribution in [0, 0.1) is 12.8 Å². The Hall–Kier alpha value is -3.06. The molecule has 0 bridgehead atoms. The van der Waals surface area contributed by atoms with Crippen LogP contribution in [0.3, 0.4) is 0 Å². The fourth-order valence-corrected chi connectivity index (χ4v) is 5.33. The van der Waals surface area contributed by atoms with Gasteiger partial charge in [-0.25, -0.2) is 0 Å². The molecule has 178 valence electrons. The number of halogens is 1. The van der Waals surface area contributed by atoms with Gasteiger partial charge < -0.3 is 19.3 Å². The lowest BCUT2D eigenvalue weighted by molar-refractivity contribution is -0.139. The highest BCUT2D eigenvalue weighted by atomic mass is 35.5. The number of likely N-dealkylation sites (tertiary alicyclic amines) is 1. The zero-order valence-electron chi connectivity index (χ0n) is 19.3. The number of amides is 2. The number of anilines is 1. The van der Waals surface area contributed by atoms with Crippen molar-refractivity contribution in [3.05, 3.63) is 52.5 Å². The average Bonchev–Trinajstić information content (AvgIpc) is 3.22. The maximum absolute atomic E-state index is 13.2. The van der Waals surface area contributed by atoms with Crippen molar-refractivity contribution in [3.8, 4) is 11.5 Å². The molecule has 2 saturated heterocycles. The summed E-state index contributed by atoms with van der Waals surface area (Å²) in [5.74, 6) is 0.889. The minimum absolute atomic E-state index is 0.00984. The number of hydrogen-bond donors (Lipinski definition) is 0. The van der Waals surface area contributed by atoms with Gasteiger partial charge in [0.05, 0.1) is 25.0 Å². The number of nitrogens with zero attached hydrogens (tertiary/aromatic N) is 2. The van der Waals surface area contributed by atoms with Gasteiger partial charge in [0.1, 0.15) is 17.1 Å². The summed E-state index contributed by atoms with van der Waals surface area (Å²) in [5, 5.41) is 0.557. The molecule has 5 rings (SSSR count). The molecule has 1 spiro atoms. The van der Waals surface area contributed by atoms with Crippen LogP contribution >= 0.6 is 11.6 Å². The Balaban J connectivity index is 1.23. The summed E-state index contributed by atoms with van der Waals surface area (Å²) in [6, 6.07) is 10.8. The van der Waals surface area contributed by atoms with E-state index in [1.807, 2.05) is 30.0 Å². The van der Waals surface area contributed by atoms with E-state index < -0.39 is 5.60 Å². The molecule has 3 aliphatic rings. The summed E-state index contributed by atoms with van der Waals surface area (Å²) >= 11 is 6.19. The number of fused-ring (bicyclic) bond motifs is 1. The zero-order valence-corrected chi connectivity index (χ0v) is 20.1. The molecule has 0 aliphatic carbocycles. The quantitative estimate of drug-likeness (QED) is 0.660. The van der Waals surface area contributed by atoms with Gasteiger partial charge in [-0.1, -0.05) is 11.6 Å². The molecule has 2 fully saturated rings. The van der Waals surface area contributed by atoms with E-state index >= 15 is 0 Å². The molecular weight excluding hydrogens is 456 g/mol. The van der Waals surface area contributed by atoms with Crippen LogP contribution in [0.25, 0.3) is 0 Å². The highest BCUT2D eigenvalue weighted by molar-refractivity contribution is 6.31. The predicted molar refractivity (Wildman–Crippen MR) is 128 cm³/mol. The normalized spacial score (nSPS) is 21.4. The number of carbonyl (C=O) groups is 3. The van der Waals surface area contributed by atoms with Crippen molar-refractivity contribution in [3.63, 3.8) is 0 Å². The van der Waals surface area contributed by atoms with Gasteiger partial charge in [0.15, 0.2) is 5.78 Å². The summed E-state index contributed by atoms with van der Waals surface area (Å²) < 4.78 is 11.5. The topological polar surface area (TPSA) is 76.2 Å². The van der Waals surface area contributed by atoms with Crippen LogP contribution in [0.2, 0.25) is 5.02 Å². The Morgan fingerprint density at radius 1 is 1.15 bits per heavy atom. The Morgan fingerprint density at radius 2 is 1.85 bits per heavy atom. The van der Waals surface area contributed by atoms with E-state index in [1.165, 1.54) is 0 Å². The zero-order chi connectivity index (χ0) is 24.0. The summed E-state index contributed by atoms with van der Waals surface area (Å²) in [4.78, 5) is 42.2. The standard InChI is InChI=1S/C26H27ClN2O5/c1-16-11-23-20(13-21(16)27)22(30)14-26(34-23)7-9-28(10-8-26)25(32)17-12-24(31)29(15-17)18-3-5-19(33-2)6-4-18/h3-6,11,13,17H,7-10,12,14-15H2,1-2H3. The van der Waals surface area contributed by atoms with Gasteiger partial charge in [-0.05, 0) is 48.9 Å². The first-order valence-corrected chi connectivity index (χ1v) is 11.9. The number of benzene rings is 2. The smallest absolute Gasteiger partial charge is 0.228 e. The number of rotatable bonds is 3. The molecule has 2 aromatic carbocycles.